The maximum atomic E-state index is 5.78. The second-order valence-corrected chi connectivity index (χ2v) is 2.33. The molecule has 0 aliphatic rings. The Morgan fingerprint density at radius 1 is 1.45 bits per heavy atom. The van der Waals surface area contributed by atoms with Crippen LogP contribution in [0, 0.1) is 0 Å². The molecule has 0 aromatic heterocycles. The number of rotatable bonds is 3. The first-order valence-corrected chi connectivity index (χ1v) is 3.58. The molecule has 0 bridgehead atoms. The summed E-state index contributed by atoms with van der Waals surface area (Å²) < 4.78 is 5.11. The van der Waals surface area contributed by atoms with Gasteiger partial charge in [0.05, 0.1) is 5.02 Å². The van der Waals surface area contributed by atoms with Crippen LogP contribution in [0.4, 0.5) is 0 Å². The highest BCUT2D eigenvalue weighted by Gasteiger charge is 1.97. The summed E-state index contributed by atoms with van der Waals surface area (Å²) >= 11 is 5.78. The van der Waals surface area contributed by atoms with Crippen LogP contribution in [0.2, 0.25) is 5.02 Å². The van der Waals surface area contributed by atoms with Gasteiger partial charge in [-0.2, -0.15) is 0 Å². The van der Waals surface area contributed by atoms with Gasteiger partial charge in [0.2, 0.25) is 0 Å². The molecule has 0 aliphatic heterocycles. The topological polar surface area (TPSA) is 9.23 Å². The average molecular weight is 165 g/mol. The Kier molecular flexibility index (Phi) is 3.05. The molecule has 3 heteroatoms. The summed E-state index contributed by atoms with van der Waals surface area (Å²) in [6.45, 7) is 3.48. The molecule has 0 N–H and O–H groups in total. The van der Waals surface area contributed by atoms with E-state index in [1.807, 2.05) is 12.1 Å². The first-order chi connectivity index (χ1) is 5.34. The monoisotopic (exact) mass is 165 g/mol. The summed E-state index contributed by atoms with van der Waals surface area (Å²) in [4.78, 5) is 0. The fraction of sp³-hybridized carbons (Fsp3) is 0. The Bertz CT molecular complexity index is 250. The molecule has 11 heavy (non-hydrogen) atoms. The second kappa shape index (κ2) is 4.09. The van der Waals surface area contributed by atoms with E-state index in [9.17, 15) is 0 Å². The van der Waals surface area contributed by atoms with Crippen LogP contribution in [-0.4, -0.2) is 7.48 Å². The van der Waals surface area contributed by atoms with Crippen molar-refractivity contribution < 1.29 is 4.65 Å². The zero-order valence-corrected chi connectivity index (χ0v) is 6.71. The van der Waals surface area contributed by atoms with Crippen molar-refractivity contribution in [3.05, 3.63) is 41.8 Å². The van der Waals surface area contributed by atoms with Crippen molar-refractivity contribution in [2.24, 2.45) is 0 Å². The molecule has 1 aromatic rings. The Morgan fingerprint density at radius 2 is 2.18 bits per heavy atom. The third-order valence-electron chi connectivity index (χ3n) is 1.13. The molecule has 1 rings (SSSR count). The molecule has 0 aliphatic carbocycles. The molecule has 0 spiro atoms. The fourth-order valence-electron chi connectivity index (χ4n) is 0.662. The zero-order chi connectivity index (χ0) is 8.10. The Hall–Kier alpha value is -0.885. The maximum Gasteiger partial charge on any atom is 0.400 e. The molecule has 0 unspecified atom stereocenters. The van der Waals surface area contributed by atoms with Gasteiger partial charge in [-0.1, -0.05) is 29.7 Å². The van der Waals surface area contributed by atoms with Gasteiger partial charge in [-0.05, 0) is 12.1 Å². The van der Waals surface area contributed by atoms with Crippen LogP contribution >= 0.6 is 11.6 Å². The highest BCUT2D eigenvalue weighted by molar-refractivity contribution is 6.36. The van der Waals surface area contributed by atoms with E-state index >= 15 is 0 Å². The predicted molar refractivity (Wildman–Crippen MR) is 48.0 cm³/mol. The summed E-state index contributed by atoms with van der Waals surface area (Å²) in [5.74, 6) is 2.21. The lowest BCUT2D eigenvalue weighted by molar-refractivity contribution is 0.604. The van der Waals surface area contributed by atoms with E-state index in [4.69, 9.17) is 16.3 Å². The molecular formula is C8H7BClO. The van der Waals surface area contributed by atoms with Crippen molar-refractivity contribution in [1.82, 2.24) is 0 Å². The van der Waals surface area contributed by atoms with Crippen LogP contribution in [0.1, 0.15) is 0 Å². The summed E-state index contributed by atoms with van der Waals surface area (Å²) in [7, 11) is 1.49. The van der Waals surface area contributed by atoms with E-state index in [0.717, 1.165) is 0 Å². The lowest BCUT2D eigenvalue weighted by Crippen LogP contribution is -1.97. The first kappa shape index (κ1) is 8.21. The van der Waals surface area contributed by atoms with Gasteiger partial charge in [-0.15, -0.1) is 6.58 Å². The van der Waals surface area contributed by atoms with Crippen LogP contribution in [0.15, 0.2) is 36.8 Å². The van der Waals surface area contributed by atoms with E-state index in [0.29, 0.717) is 10.8 Å². The van der Waals surface area contributed by atoms with Gasteiger partial charge in [0.1, 0.15) is 5.75 Å². The number of benzene rings is 1. The van der Waals surface area contributed by atoms with E-state index < -0.39 is 0 Å². The normalized spacial score (nSPS) is 8.82. The molecule has 0 saturated heterocycles. The van der Waals surface area contributed by atoms with Crippen molar-refractivity contribution in [1.29, 1.82) is 0 Å². The summed E-state index contributed by atoms with van der Waals surface area (Å²) in [6.07, 6.45) is 0. The van der Waals surface area contributed by atoms with Crippen molar-refractivity contribution in [2.75, 3.05) is 0 Å². The number of para-hydroxylation sites is 1. The van der Waals surface area contributed by atoms with Gasteiger partial charge < -0.3 is 4.65 Å². The van der Waals surface area contributed by atoms with Gasteiger partial charge in [0, 0.05) is 0 Å². The molecule has 0 saturated carbocycles. The molecule has 0 fully saturated rings. The Morgan fingerprint density at radius 3 is 2.82 bits per heavy atom. The third kappa shape index (κ3) is 2.32. The molecule has 55 valence electrons. The van der Waals surface area contributed by atoms with Gasteiger partial charge in [0.25, 0.3) is 0 Å². The first-order valence-electron chi connectivity index (χ1n) is 3.20. The molecule has 0 heterocycles. The van der Waals surface area contributed by atoms with Gasteiger partial charge in [-0.25, -0.2) is 0 Å². The van der Waals surface area contributed by atoms with E-state index in [-0.39, 0.29) is 0 Å². The van der Waals surface area contributed by atoms with Crippen molar-refractivity contribution >= 4 is 19.1 Å². The highest BCUT2D eigenvalue weighted by Crippen LogP contribution is 2.22. The van der Waals surface area contributed by atoms with Crippen LogP contribution in [-0.2, 0) is 0 Å². The lowest BCUT2D eigenvalue weighted by atomic mass is 10.0. The van der Waals surface area contributed by atoms with Gasteiger partial charge in [0.15, 0.2) is 0 Å². The Labute approximate surface area is 71.9 Å². The van der Waals surface area contributed by atoms with Crippen LogP contribution < -0.4 is 4.65 Å². The van der Waals surface area contributed by atoms with Crippen molar-refractivity contribution in [3.63, 3.8) is 0 Å². The second-order valence-electron chi connectivity index (χ2n) is 1.92. The zero-order valence-electron chi connectivity index (χ0n) is 5.96. The summed E-state index contributed by atoms with van der Waals surface area (Å²) in [5.41, 5.74) is 0. The smallest absolute Gasteiger partial charge is 0.400 e. The molecule has 0 amide bonds. The van der Waals surface area contributed by atoms with E-state index in [1.165, 1.54) is 7.48 Å². The van der Waals surface area contributed by atoms with Crippen molar-refractivity contribution in [3.8, 4) is 5.75 Å². The number of hydrogen-bond donors (Lipinski definition) is 0. The molecule has 0 atom stereocenters. The minimum Gasteiger partial charge on any atom is -0.557 e. The average Bonchev–Trinajstić information content (AvgIpc) is 2.03. The quantitative estimate of drug-likeness (QED) is 0.625. The maximum absolute atomic E-state index is 5.78. The minimum atomic E-state index is 0.602. The molecule has 1 aromatic carbocycles. The lowest BCUT2D eigenvalue weighted by Gasteiger charge is -2.03. The molecular weight excluding hydrogens is 158 g/mol. The van der Waals surface area contributed by atoms with Crippen molar-refractivity contribution in [2.45, 2.75) is 0 Å². The summed E-state index contributed by atoms with van der Waals surface area (Å²) in [5, 5.41) is 0.602. The van der Waals surface area contributed by atoms with Crippen LogP contribution in [0.5, 0.6) is 5.75 Å². The van der Waals surface area contributed by atoms with Gasteiger partial charge in [-0.3, -0.25) is 0 Å². The predicted octanol–water partition coefficient (Wildman–Crippen LogP) is 2.48. The fourth-order valence-corrected chi connectivity index (χ4v) is 0.842. The SMILES string of the molecule is C=C[B]Oc1ccccc1Cl. The molecule has 1 nitrogen and oxygen atoms in total. The Balaban J connectivity index is 2.69. The van der Waals surface area contributed by atoms with E-state index in [1.54, 1.807) is 18.1 Å². The minimum absolute atomic E-state index is 0.602. The largest absolute Gasteiger partial charge is 0.557 e. The van der Waals surface area contributed by atoms with Crippen LogP contribution in [0.25, 0.3) is 0 Å². The molecule has 1 radical (unpaired) electrons. The standard InChI is InChI=1S/C8H7BClO/c1-2-9-11-8-6-4-3-5-7(8)10/h2-6H,1H2. The summed E-state index contributed by atoms with van der Waals surface area (Å²) in [6, 6.07) is 7.28. The van der Waals surface area contributed by atoms with E-state index in [2.05, 4.69) is 6.58 Å². The number of halogens is 1. The third-order valence-corrected chi connectivity index (χ3v) is 1.44. The van der Waals surface area contributed by atoms with Gasteiger partial charge >= 0.3 is 7.48 Å². The van der Waals surface area contributed by atoms with Crippen LogP contribution in [0.3, 0.4) is 0 Å². The highest BCUT2D eigenvalue weighted by atomic mass is 35.5. The number of hydrogen-bond acceptors (Lipinski definition) is 1.